The van der Waals surface area contributed by atoms with Gasteiger partial charge in [0.2, 0.25) is 0 Å². The first-order chi connectivity index (χ1) is 7.79. The van der Waals surface area contributed by atoms with E-state index < -0.39 is 25.2 Å². The smallest absolute Gasteiger partial charge is 0.392 e. The Hall–Kier alpha value is -1.86. The third-order valence-corrected chi connectivity index (χ3v) is 1.80. The fraction of sp³-hybridized carbons (Fsp3) is 0.444. The van der Waals surface area contributed by atoms with E-state index in [-0.39, 0.29) is 17.3 Å². The summed E-state index contributed by atoms with van der Waals surface area (Å²) >= 11 is 0. The molecule has 1 aromatic heterocycles. The van der Waals surface area contributed by atoms with E-state index in [1.54, 1.807) is 0 Å². The van der Waals surface area contributed by atoms with E-state index >= 15 is 0 Å². The van der Waals surface area contributed by atoms with Gasteiger partial charge in [-0.1, -0.05) is 0 Å². The van der Waals surface area contributed by atoms with Gasteiger partial charge in [0.1, 0.15) is 6.61 Å². The first-order valence-corrected chi connectivity index (χ1v) is 4.56. The predicted molar refractivity (Wildman–Crippen MR) is 49.9 cm³/mol. The molecule has 5 nitrogen and oxygen atoms in total. The van der Waals surface area contributed by atoms with Gasteiger partial charge in [-0.05, 0) is 6.92 Å². The highest BCUT2D eigenvalue weighted by Gasteiger charge is 2.27. The minimum absolute atomic E-state index is 0.117. The maximum absolute atomic E-state index is 11.8. The molecule has 1 N–H and O–H groups in total. The first kappa shape index (κ1) is 13.2. The molecule has 17 heavy (non-hydrogen) atoms. The number of aryl methyl sites for hydroxylation is 1. The van der Waals surface area contributed by atoms with Crippen molar-refractivity contribution in [2.45, 2.75) is 19.5 Å². The van der Waals surface area contributed by atoms with Crippen molar-refractivity contribution >= 4 is 5.97 Å². The van der Waals surface area contributed by atoms with Gasteiger partial charge in [-0.3, -0.25) is 0 Å². The fourth-order valence-electron chi connectivity index (χ4n) is 0.983. The van der Waals surface area contributed by atoms with Crippen LogP contribution in [0.1, 0.15) is 22.5 Å². The summed E-state index contributed by atoms with van der Waals surface area (Å²) in [5, 5.41) is 8.67. The summed E-state index contributed by atoms with van der Waals surface area (Å²) in [6.07, 6.45) is -4.43. The summed E-state index contributed by atoms with van der Waals surface area (Å²) in [5.41, 5.74) is 0.0164. The van der Waals surface area contributed by atoms with Gasteiger partial charge in [0.15, 0.2) is 0 Å². The molecule has 0 atom stereocenters. The Labute approximate surface area is 94.3 Å². The number of hydrogen-bond acceptors (Lipinski definition) is 4. The van der Waals surface area contributed by atoms with Crippen molar-refractivity contribution in [1.82, 2.24) is 9.97 Å². The lowest BCUT2D eigenvalue weighted by Gasteiger charge is -2.07. The largest absolute Gasteiger partial charge is 0.478 e. The highest BCUT2D eigenvalue weighted by molar-refractivity contribution is 5.88. The van der Waals surface area contributed by atoms with E-state index in [9.17, 15) is 18.0 Å². The van der Waals surface area contributed by atoms with Crippen LogP contribution in [-0.4, -0.2) is 33.8 Å². The molecule has 0 aliphatic carbocycles. The number of aromatic nitrogens is 2. The number of carboxylic acid groups (broad SMARTS) is 1. The molecule has 94 valence electrons. The molecule has 0 fully saturated rings. The Morgan fingerprint density at radius 3 is 2.65 bits per heavy atom. The monoisotopic (exact) mass is 250 g/mol. The lowest BCUT2D eigenvalue weighted by molar-refractivity contribution is -0.139. The number of ether oxygens (including phenoxy) is 1. The summed E-state index contributed by atoms with van der Waals surface area (Å²) in [7, 11) is 0. The van der Waals surface area contributed by atoms with E-state index in [0.29, 0.717) is 0 Å². The highest BCUT2D eigenvalue weighted by atomic mass is 19.4. The van der Waals surface area contributed by atoms with Gasteiger partial charge in [-0.2, -0.15) is 18.2 Å². The van der Waals surface area contributed by atoms with Gasteiger partial charge < -0.3 is 9.84 Å². The molecule has 0 aromatic carbocycles. The van der Waals surface area contributed by atoms with Gasteiger partial charge in [0.25, 0.3) is 0 Å². The molecule has 0 aliphatic rings. The SMILES string of the molecule is Cc1nc(OCCC(F)(F)F)ncc1C(=O)O. The van der Waals surface area contributed by atoms with Crippen LogP contribution >= 0.6 is 0 Å². The van der Waals surface area contributed by atoms with E-state index in [2.05, 4.69) is 14.7 Å². The maximum Gasteiger partial charge on any atom is 0.392 e. The molecule has 0 saturated carbocycles. The van der Waals surface area contributed by atoms with Crippen LogP contribution in [0, 0.1) is 6.92 Å². The molecule has 0 unspecified atom stereocenters. The molecular formula is C9H9F3N2O3. The number of hydrogen-bond donors (Lipinski definition) is 1. The normalized spacial score (nSPS) is 11.3. The summed E-state index contributed by atoms with van der Waals surface area (Å²) in [5.74, 6) is -1.20. The first-order valence-electron chi connectivity index (χ1n) is 4.56. The number of aromatic carboxylic acids is 1. The van der Waals surface area contributed by atoms with Crippen LogP contribution in [0.4, 0.5) is 13.2 Å². The molecule has 0 saturated heterocycles. The minimum Gasteiger partial charge on any atom is -0.478 e. The van der Waals surface area contributed by atoms with Crippen LogP contribution in [0.5, 0.6) is 6.01 Å². The molecule has 0 radical (unpaired) electrons. The minimum atomic E-state index is -4.31. The van der Waals surface area contributed by atoms with Crippen LogP contribution in [0.25, 0.3) is 0 Å². The standard InChI is InChI=1S/C9H9F3N2O3/c1-5-6(7(15)16)4-13-8(14-5)17-3-2-9(10,11)12/h4H,2-3H2,1H3,(H,15,16). The molecule has 1 heterocycles. The van der Waals surface area contributed by atoms with Crippen molar-refractivity contribution in [2.24, 2.45) is 0 Å². The number of nitrogens with zero attached hydrogens (tertiary/aromatic N) is 2. The number of halogens is 3. The molecule has 0 amide bonds. The molecular weight excluding hydrogens is 241 g/mol. The van der Waals surface area contributed by atoms with Crippen molar-refractivity contribution in [1.29, 1.82) is 0 Å². The van der Waals surface area contributed by atoms with E-state index in [1.807, 2.05) is 0 Å². The Balaban J connectivity index is 2.62. The van der Waals surface area contributed by atoms with Gasteiger partial charge in [0, 0.05) is 6.20 Å². The highest BCUT2D eigenvalue weighted by Crippen LogP contribution is 2.19. The number of carbonyl (C=O) groups is 1. The third kappa shape index (κ3) is 4.25. The molecule has 1 aromatic rings. The molecule has 0 aliphatic heterocycles. The molecule has 8 heteroatoms. The lowest BCUT2D eigenvalue weighted by atomic mass is 10.2. The molecule has 0 spiro atoms. The summed E-state index contributed by atoms with van der Waals surface area (Å²) in [4.78, 5) is 17.7. The zero-order valence-electron chi connectivity index (χ0n) is 8.78. The van der Waals surface area contributed by atoms with Crippen molar-refractivity contribution < 1.29 is 27.8 Å². The second-order valence-corrected chi connectivity index (χ2v) is 3.17. The van der Waals surface area contributed by atoms with Gasteiger partial charge in [0.05, 0.1) is 17.7 Å². The van der Waals surface area contributed by atoms with Crippen LogP contribution in [0.2, 0.25) is 0 Å². The van der Waals surface area contributed by atoms with Crippen LogP contribution < -0.4 is 4.74 Å². The van der Waals surface area contributed by atoms with Crippen molar-refractivity contribution in [3.8, 4) is 6.01 Å². The van der Waals surface area contributed by atoms with E-state index in [0.717, 1.165) is 6.20 Å². The number of alkyl halides is 3. The zero-order valence-corrected chi connectivity index (χ0v) is 8.78. The van der Waals surface area contributed by atoms with Gasteiger partial charge in [-0.25, -0.2) is 9.78 Å². The van der Waals surface area contributed by atoms with E-state index in [1.165, 1.54) is 6.92 Å². The summed E-state index contributed by atoms with van der Waals surface area (Å²) in [6, 6.07) is -0.267. The predicted octanol–water partition coefficient (Wildman–Crippen LogP) is 1.81. The third-order valence-electron chi connectivity index (χ3n) is 1.80. The van der Waals surface area contributed by atoms with Crippen molar-refractivity contribution in [3.63, 3.8) is 0 Å². The second kappa shape index (κ2) is 4.98. The Morgan fingerprint density at radius 2 is 2.18 bits per heavy atom. The Morgan fingerprint density at radius 1 is 1.53 bits per heavy atom. The average molecular weight is 250 g/mol. The molecule has 0 bridgehead atoms. The van der Waals surface area contributed by atoms with Crippen molar-refractivity contribution in [2.75, 3.05) is 6.61 Å². The second-order valence-electron chi connectivity index (χ2n) is 3.17. The number of carboxylic acids is 1. The Kier molecular flexibility index (Phi) is 3.87. The number of rotatable bonds is 4. The zero-order chi connectivity index (χ0) is 13.1. The Bertz CT molecular complexity index is 420. The van der Waals surface area contributed by atoms with Crippen molar-refractivity contribution in [3.05, 3.63) is 17.5 Å². The van der Waals surface area contributed by atoms with Gasteiger partial charge in [-0.15, -0.1) is 0 Å². The lowest BCUT2D eigenvalue weighted by Crippen LogP contribution is -2.14. The summed E-state index contributed by atoms with van der Waals surface area (Å²) in [6.45, 7) is 0.803. The van der Waals surface area contributed by atoms with Gasteiger partial charge >= 0.3 is 18.2 Å². The quantitative estimate of drug-likeness (QED) is 0.882. The van der Waals surface area contributed by atoms with Crippen LogP contribution in [0.3, 0.4) is 0 Å². The van der Waals surface area contributed by atoms with E-state index in [4.69, 9.17) is 5.11 Å². The topological polar surface area (TPSA) is 72.3 Å². The molecule has 1 rings (SSSR count). The maximum atomic E-state index is 11.8. The average Bonchev–Trinajstić information content (AvgIpc) is 2.15. The van der Waals surface area contributed by atoms with Crippen LogP contribution in [-0.2, 0) is 0 Å². The van der Waals surface area contributed by atoms with Crippen LogP contribution in [0.15, 0.2) is 6.20 Å². The fourth-order valence-corrected chi connectivity index (χ4v) is 0.983. The summed E-state index contributed by atoms with van der Waals surface area (Å²) < 4.78 is 40.1.